The topological polar surface area (TPSA) is 80.2 Å². The predicted molar refractivity (Wildman–Crippen MR) is 107 cm³/mol. The van der Waals surface area contributed by atoms with Gasteiger partial charge in [0, 0.05) is 18.5 Å². The summed E-state index contributed by atoms with van der Waals surface area (Å²) in [7, 11) is 0. The van der Waals surface area contributed by atoms with Crippen molar-refractivity contribution in [3.8, 4) is 5.75 Å². The standard InChI is InChI=1S/C21H31N3O4/c1-3-5-10-22-20(26)15-23-11-13-24(14-12-23)21(27)16-28-18-8-6-17(7-9-18)19(25)4-2/h6-9H,3-5,10-16H2,1-2H3,(H,22,26)/p+1. The van der Waals surface area contributed by atoms with Gasteiger partial charge in [-0.1, -0.05) is 20.3 Å². The number of carbonyl (C=O) groups is 3. The number of quaternary nitrogens is 1. The molecule has 1 heterocycles. The molecule has 0 bridgehead atoms. The van der Waals surface area contributed by atoms with Crippen molar-refractivity contribution < 1.29 is 24.0 Å². The molecule has 1 aromatic rings. The van der Waals surface area contributed by atoms with Gasteiger partial charge in [0.05, 0.1) is 26.2 Å². The smallest absolute Gasteiger partial charge is 0.275 e. The minimum atomic E-state index is -0.0554. The summed E-state index contributed by atoms with van der Waals surface area (Å²) in [6.45, 7) is 7.89. The number of benzene rings is 1. The molecule has 2 rings (SSSR count). The molecule has 0 unspecified atom stereocenters. The summed E-state index contributed by atoms with van der Waals surface area (Å²) < 4.78 is 5.56. The monoisotopic (exact) mass is 390 g/mol. The highest BCUT2D eigenvalue weighted by atomic mass is 16.5. The van der Waals surface area contributed by atoms with E-state index in [1.807, 2.05) is 6.92 Å². The molecule has 0 radical (unpaired) electrons. The molecule has 1 aliphatic heterocycles. The predicted octanol–water partition coefficient (Wildman–Crippen LogP) is 0.302. The van der Waals surface area contributed by atoms with E-state index in [1.54, 1.807) is 29.2 Å². The Morgan fingerprint density at radius 2 is 1.79 bits per heavy atom. The third kappa shape index (κ3) is 6.96. The van der Waals surface area contributed by atoms with Gasteiger partial charge in [0.15, 0.2) is 18.9 Å². The van der Waals surface area contributed by atoms with E-state index in [4.69, 9.17) is 4.74 Å². The van der Waals surface area contributed by atoms with Crippen molar-refractivity contribution in [2.45, 2.75) is 33.1 Å². The molecule has 154 valence electrons. The first-order valence-corrected chi connectivity index (χ1v) is 10.2. The van der Waals surface area contributed by atoms with Crippen molar-refractivity contribution in [3.63, 3.8) is 0 Å². The number of hydrogen-bond donors (Lipinski definition) is 2. The average molecular weight is 391 g/mol. The Morgan fingerprint density at radius 1 is 1.11 bits per heavy atom. The number of ether oxygens (including phenoxy) is 1. The van der Waals surface area contributed by atoms with Gasteiger partial charge in [0.1, 0.15) is 5.75 Å². The van der Waals surface area contributed by atoms with Gasteiger partial charge in [0.25, 0.3) is 11.8 Å². The molecule has 0 spiro atoms. The van der Waals surface area contributed by atoms with Crippen LogP contribution in [-0.2, 0) is 9.59 Å². The van der Waals surface area contributed by atoms with Gasteiger partial charge in [-0.05, 0) is 30.7 Å². The molecule has 7 nitrogen and oxygen atoms in total. The zero-order valence-corrected chi connectivity index (χ0v) is 17.0. The molecule has 1 fully saturated rings. The molecular weight excluding hydrogens is 358 g/mol. The molecule has 1 aliphatic rings. The Kier molecular flexibility index (Phi) is 8.94. The van der Waals surface area contributed by atoms with Crippen molar-refractivity contribution in [1.29, 1.82) is 0 Å². The number of hydrogen-bond acceptors (Lipinski definition) is 4. The Balaban J connectivity index is 1.69. The Hall–Kier alpha value is -2.41. The van der Waals surface area contributed by atoms with E-state index >= 15 is 0 Å². The van der Waals surface area contributed by atoms with Gasteiger partial charge < -0.3 is 19.9 Å². The SMILES string of the molecule is CCCCNC(=O)C[NH+]1CCN(C(=O)COc2ccc(C(=O)CC)cc2)CC1. The van der Waals surface area contributed by atoms with Gasteiger partial charge in [-0.3, -0.25) is 14.4 Å². The van der Waals surface area contributed by atoms with Gasteiger partial charge in [-0.25, -0.2) is 0 Å². The lowest BCUT2D eigenvalue weighted by molar-refractivity contribution is -0.896. The van der Waals surface area contributed by atoms with Crippen LogP contribution in [0, 0.1) is 0 Å². The summed E-state index contributed by atoms with van der Waals surface area (Å²) in [4.78, 5) is 38.9. The number of piperazine rings is 1. The zero-order valence-electron chi connectivity index (χ0n) is 17.0. The van der Waals surface area contributed by atoms with Crippen molar-refractivity contribution in [2.24, 2.45) is 0 Å². The van der Waals surface area contributed by atoms with Crippen LogP contribution in [0.4, 0.5) is 0 Å². The fourth-order valence-corrected chi connectivity index (χ4v) is 3.12. The van der Waals surface area contributed by atoms with Crippen LogP contribution in [0.2, 0.25) is 0 Å². The van der Waals surface area contributed by atoms with Crippen LogP contribution in [-0.4, -0.2) is 68.4 Å². The number of carbonyl (C=O) groups excluding carboxylic acids is 3. The molecule has 7 heteroatoms. The van der Waals surface area contributed by atoms with Crippen LogP contribution in [0.25, 0.3) is 0 Å². The number of ketones is 1. The van der Waals surface area contributed by atoms with Gasteiger partial charge in [-0.2, -0.15) is 0 Å². The summed E-state index contributed by atoms with van der Waals surface area (Å²) in [5.41, 5.74) is 0.652. The number of rotatable bonds is 10. The summed E-state index contributed by atoms with van der Waals surface area (Å²) in [6, 6.07) is 6.88. The number of unbranched alkanes of at least 4 members (excludes halogenated alkanes) is 1. The summed E-state index contributed by atoms with van der Waals surface area (Å²) in [6.07, 6.45) is 2.53. The van der Waals surface area contributed by atoms with Crippen molar-refractivity contribution in [2.75, 3.05) is 45.9 Å². The summed E-state index contributed by atoms with van der Waals surface area (Å²) in [5, 5.41) is 2.94. The van der Waals surface area contributed by atoms with Gasteiger partial charge >= 0.3 is 0 Å². The Morgan fingerprint density at radius 3 is 2.39 bits per heavy atom. The molecule has 0 saturated carbocycles. The fourth-order valence-electron chi connectivity index (χ4n) is 3.12. The zero-order chi connectivity index (χ0) is 20.4. The van der Waals surface area contributed by atoms with E-state index in [9.17, 15) is 14.4 Å². The second-order valence-electron chi connectivity index (χ2n) is 7.10. The van der Waals surface area contributed by atoms with Crippen LogP contribution in [0.1, 0.15) is 43.5 Å². The molecule has 0 aromatic heterocycles. The maximum Gasteiger partial charge on any atom is 0.275 e. The van der Waals surface area contributed by atoms with Gasteiger partial charge in [-0.15, -0.1) is 0 Å². The second kappa shape index (κ2) is 11.4. The molecule has 1 saturated heterocycles. The highest BCUT2D eigenvalue weighted by Gasteiger charge is 2.25. The lowest BCUT2D eigenvalue weighted by atomic mass is 10.1. The first-order valence-electron chi connectivity index (χ1n) is 10.2. The largest absolute Gasteiger partial charge is 0.484 e. The van der Waals surface area contributed by atoms with Crippen LogP contribution in [0.15, 0.2) is 24.3 Å². The van der Waals surface area contributed by atoms with E-state index in [-0.39, 0.29) is 24.2 Å². The number of nitrogens with one attached hydrogen (secondary N) is 2. The lowest BCUT2D eigenvalue weighted by Gasteiger charge is -2.31. The maximum absolute atomic E-state index is 12.4. The quantitative estimate of drug-likeness (QED) is 0.445. The second-order valence-corrected chi connectivity index (χ2v) is 7.10. The third-order valence-electron chi connectivity index (χ3n) is 4.95. The van der Waals surface area contributed by atoms with E-state index in [1.165, 1.54) is 4.90 Å². The molecular formula is C21H32N3O4+. The van der Waals surface area contributed by atoms with Crippen LogP contribution in [0.3, 0.4) is 0 Å². The van der Waals surface area contributed by atoms with Crippen LogP contribution >= 0.6 is 0 Å². The normalized spacial score (nSPS) is 14.6. The number of amides is 2. The lowest BCUT2D eigenvalue weighted by Crippen LogP contribution is -3.15. The van der Waals surface area contributed by atoms with E-state index in [2.05, 4.69) is 12.2 Å². The Labute approximate surface area is 167 Å². The van der Waals surface area contributed by atoms with E-state index in [0.29, 0.717) is 37.4 Å². The van der Waals surface area contributed by atoms with Crippen LogP contribution in [0.5, 0.6) is 5.75 Å². The maximum atomic E-state index is 12.4. The first kappa shape index (κ1) is 21.9. The minimum Gasteiger partial charge on any atom is -0.484 e. The van der Waals surface area contributed by atoms with Crippen molar-refractivity contribution in [1.82, 2.24) is 10.2 Å². The van der Waals surface area contributed by atoms with Crippen molar-refractivity contribution >= 4 is 17.6 Å². The molecule has 0 aliphatic carbocycles. The molecule has 2 amide bonds. The van der Waals surface area contributed by atoms with Gasteiger partial charge in [0.2, 0.25) is 0 Å². The van der Waals surface area contributed by atoms with E-state index in [0.717, 1.165) is 32.5 Å². The molecule has 2 N–H and O–H groups in total. The van der Waals surface area contributed by atoms with Crippen molar-refractivity contribution in [3.05, 3.63) is 29.8 Å². The highest BCUT2D eigenvalue weighted by molar-refractivity contribution is 5.95. The van der Waals surface area contributed by atoms with E-state index < -0.39 is 0 Å². The first-order chi connectivity index (χ1) is 13.5. The Bertz CT molecular complexity index is 652. The number of Topliss-reactive ketones (excluding diaryl/α,β-unsaturated/α-hetero) is 1. The third-order valence-corrected chi connectivity index (χ3v) is 4.95. The molecule has 0 atom stereocenters. The minimum absolute atomic E-state index is 0.0199. The number of nitrogens with zero attached hydrogens (tertiary/aromatic N) is 1. The molecule has 1 aromatic carbocycles. The summed E-state index contributed by atoms with van der Waals surface area (Å²) in [5.74, 6) is 0.688. The highest BCUT2D eigenvalue weighted by Crippen LogP contribution is 2.13. The average Bonchev–Trinajstić information content (AvgIpc) is 2.72. The van der Waals surface area contributed by atoms with Crippen LogP contribution < -0.4 is 15.0 Å². The molecule has 28 heavy (non-hydrogen) atoms. The fraction of sp³-hybridized carbons (Fsp3) is 0.571. The summed E-state index contributed by atoms with van der Waals surface area (Å²) >= 11 is 0.